The van der Waals surface area contributed by atoms with Crippen molar-refractivity contribution in [3.8, 4) is 0 Å². The van der Waals surface area contributed by atoms with Crippen LogP contribution in [0.1, 0.15) is 38.5 Å². The number of halogens is 4. The van der Waals surface area contributed by atoms with E-state index in [9.17, 15) is 18.0 Å². The van der Waals surface area contributed by atoms with Crippen LogP contribution in [0.4, 0.5) is 13.2 Å². The number of rotatable bonds is 2. The van der Waals surface area contributed by atoms with Gasteiger partial charge in [0.15, 0.2) is 0 Å². The summed E-state index contributed by atoms with van der Waals surface area (Å²) in [6, 6.07) is -0.0759. The molecule has 3 nitrogen and oxygen atoms in total. The van der Waals surface area contributed by atoms with Crippen molar-refractivity contribution in [1.82, 2.24) is 10.6 Å². The number of hydrogen-bond acceptors (Lipinski definition) is 2. The summed E-state index contributed by atoms with van der Waals surface area (Å²) in [7, 11) is 0. The van der Waals surface area contributed by atoms with E-state index >= 15 is 0 Å². The van der Waals surface area contributed by atoms with Gasteiger partial charge in [0.2, 0.25) is 5.91 Å². The maximum Gasteiger partial charge on any atom is 0.391 e. The van der Waals surface area contributed by atoms with Gasteiger partial charge in [-0.1, -0.05) is 0 Å². The number of carbonyl (C=O) groups is 1. The van der Waals surface area contributed by atoms with Gasteiger partial charge in [-0.2, -0.15) is 13.2 Å². The Morgan fingerprint density at radius 2 is 1.75 bits per heavy atom. The largest absolute Gasteiger partial charge is 0.391 e. The minimum atomic E-state index is -4.08. The molecule has 0 spiro atoms. The average molecular weight is 315 g/mol. The van der Waals surface area contributed by atoms with E-state index < -0.39 is 12.1 Å². The molecule has 1 heterocycles. The van der Waals surface area contributed by atoms with E-state index in [-0.39, 0.29) is 43.1 Å². The first kappa shape index (κ1) is 17.6. The fourth-order valence-corrected chi connectivity index (χ4v) is 2.96. The Balaban J connectivity index is 0.00000200. The zero-order chi connectivity index (χ0) is 13.9. The molecule has 0 aromatic carbocycles. The molecule has 1 atom stereocenters. The summed E-state index contributed by atoms with van der Waals surface area (Å²) in [6.45, 7) is 1.63. The lowest BCUT2D eigenvalue weighted by atomic mass is 9.85. The van der Waals surface area contributed by atoms with Gasteiger partial charge in [-0.25, -0.2) is 0 Å². The highest BCUT2D eigenvalue weighted by molar-refractivity contribution is 5.85. The van der Waals surface area contributed by atoms with Crippen LogP contribution in [0.15, 0.2) is 0 Å². The molecule has 0 radical (unpaired) electrons. The molecule has 1 aliphatic heterocycles. The standard InChI is InChI=1S/C13H21F3N2O.ClH/c14-13(15,16)10-3-5-11(6-4-10)18-12(19)9-2-1-7-17-8-9;/h9-11,17H,1-8H2,(H,18,19);1H. The monoisotopic (exact) mass is 314 g/mol. The SMILES string of the molecule is Cl.O=C(NC1CCC(C(F)(F)F)CC1)C1CCCNC1. The summed E-state index contributed by atoms with van der Waals surface area (Å²) in [5.41, 5.74) is 0. The van der Waals surface area contributed by atoms with E-state index in [0.717, 1.165) is 19.4 Å². The van der Waals surface area contributed by atoms with Crippen molar-refractivity contribution in [2.24, 2.45) is 11.8 Å². The van der Waals surface area contributed by atoms with Crippen molar-refractivity contribution in [3.63, 3.8) is 0 Å². The molecule has 0 aromatic rings. The Hall–Kier alpha value is -0.490. The predicted molar refractivity (Wildman–Crippen MR) is 72.8 cm³/mol. The fraction of sp³-hybridized carbons (Fsp3) is 0.923. The van der Waals surface area contributed by atoms with Gasteiger partial charge in [-0.05, 0) is 45.1 Å². The third-order valence-corrected chi connectivity index (χ3v) is 4.20. The summed E-state index contributed by atoms with van der Waals surface area (Å²) in [5, 5.41) is 6.08. The Kier molecular flexibility index (Phi) is 6.58. The van der Waals surface area contributed by atoms with Gasteiger partial charge in [0.25, 0.3) is 0 Å². The van der Waals surface area contributed by atoms with Crippen LogP contribution in [0.25, 0.3) is 0 Å². The van der Waals surface area contributed by atoms with Crippen molar-refractivity contribution in [3.05, 3.63) is 0 Å². The van der Waals surface area contributed by atoms with Crippen LogP contribution in [-0.4, -0.2) is 31.2 Å². The maximum absolute atomic E-state index is 12.5. The second-order valence-corrected chi connectivity index (χ2v) is 5.64. The van der Waals surface area contributed by atoms with E-state index in [4.69, 9.17) is 0 Å². The lowest BCUT2D eigenvalue weighted by molar-refractivity contribution is -0.182. The van der Waals surface area contributed by atoms with E-state index in [2.05, 4.69) is 10.6 Å². The molecule has 20 heavy (non-hydrogen) atoms. The third-order valence-electron chi connectivity index (χ3n) is 4.20. The van der Waals surface area contributed by atoms with Gasteiger partial charge in [0.05, 0.1) is 11.8 Å². The molecular formula is C13H22ClF3N2O. The maximum atomic E-state index is 12.5. The van der Waals surface area contributed by atoms with Crippen molar-refractivity contribution in [2.45, 2.75) is 50.7 Å². The van der Waals surface area contributed by atoms with Gasteiger partial charge in [-0.3, -0.25) is 4.79 Å². The number of amides is 1. The van der Waals surface area contributed by atoms with Crippen LogP contribution < -0.4 is 10.6 Å². The van der Waals surface area contributed by atoms with Crippen molar-refractivity contribution < 1.29 is 18.0 Å². The normalized spacial score (nSPS) is 31.2. The topological polar surface area (TPSA) is 41.1 Å². The highest BCUT2D eigenvalue weighted by atomic mass is 35.5. The van der Waals surface area contributed by atoms with Crippen molar-refractivity contribution in [2.75, 3.05) is 13.1 Å². The highest BCUT2D eigenvalue weighted by Crippen LogP contribution is 2.37. The zero-order valence-electron chi connectivity index (χ0n) is 11.3. The lowest BCUT2D eigenvalue weighted by Gasteiger charge is -2.31. The molecule has 7 heteroatoms. The molecule has 1 amide bonds. The Morgan fingerprint density at radius 1 is 1.10 bits per heavy atom. The number of hydrogen-bond donors (Lipinski definition) is 2. The Bertz CT molecular complexity index is 311. The molecule has 0 aromatic heterocycles. The van der Waals surface area contributed by atoms with E-state index in [0.29, 0.717) is 19.4 Å². The summed E-state index contributed by atoms with van der Waals surface area (Å²) in [5.74, 6) is -1.20. The first-order valence-corrected chi connectivity index (χ1v) is 7.04. The van der Waals surface area contributed by atoms with Gasteiger partial charge < -0.3 is 10.6 Å². The third kappa shape index (κ3) is 4.81. The van der Waals surface area contributed by atoms with Gasteiger partial charge in [0, 0.05) is 12.6 Å². The molecular weight excluding hydrogens is 293 g/mol. The summed E-state index contributed by atoms with van der Waals surface area (Å²) < 4.78 is 37.6. The average Bonchev–Trinajstić information content (AvgIpc) is 2.39. The highest BCUT2D eigenvalue weighted by Gasteiger charge is 2.41. The Labute approximate surface area is 123 Å². The van der Waals surface area contributed by atoms with E-state index in [1.165, 1.54) is 0 Å². The molecule has 1 unspecified atom stereocenters. The van der Waals surface area contributed by atoms with Crippen LogP contribution in [0.2, 0.25) is 0 Å². The number of nitrogens with one attached hydrogen (secondary N) is 2. The van der Waals surface area contributed by atoms with Crippen LogP contribution in [0.5, 0.6) is 0 Å². The first-order valence-electron chi connectivity index (χ1n) is 7.04. The molecule has 118 valence electrons. The van der Waals surface area contributed by atoms with Crippen molar-refractivity contribution >= 4 is 18.3 Å². The van der Waals surface area contributed by atoms with E-state index in [1.54, 1.807) is 0 Å². The van der Waals surface area contributed by atoms with Gasteiger partial charge in [-0.15, -0.1) is 12.4 Å². The first-order chi connectivity index (χ1) is 8.97. The minimum Gasteiger partial charge on any atom is -0.353 e. The molecule has 0 bridgehead atoms. The predicted octanol–water partition coefficient (Wildman–Crippen LogP) is 2.65. The number of piperidine rings is 1. The molecule has 2 aliphatic rings. The molecule has 1 saturated carbocycles. The molecule has 1 aliphatic carbocycles. The minimum absolute atomic E-state index is 0. The second-order valence-electron chi connectivity index (χ2n) is 5.64. The Morgan fingerprint density at radius 3 is 2.25 bits per heavy atom. The quantitative estimate of drug-likeness (QED) is 0.822. The van der Waals surface area contributed by atoms with Crippen LogP contribution in [0.3, 0.4) is 0 Å². The number of alkyl halides is 3. The zero-order valence-corrected chi connectivity index (χ0v) is 12.2. The van der Waals surface area contributed by atoms with Crippen LogP contribution >= 0.6 is 12.4 Å². The van der Waals surface area contributed by atoms with Crippen LogP contribution in [0, 0.1) is 11.8 Å². The molecule has 2 fully saturated rings. The van der Waals surface area contributed by atoms with Gasteiger partial charge >= 0.3 is 6.18 Å². The molecule has 2 N–H and O–H groups in total. The van der Waals surface area contributed by atoms with Gasteiger partial charge in [0.1, 0.15) is 0 Å². The van der Waals surface area contributed by atoms with Crippen LogP contribution in [-0.2, 0) is 4.79 Å². The summed E-state index contributed by atoms with van der Waals surface area (Å²) >= 11 is 0. The smallest absolute Gasteiger partial charge is 0.353 e. The number of carbonyl (C=O) groups excluding carboxylic acids is 1. The summed E-state index contributed by atoms with van der Waals surface area (Å²) in [6.07, 6.45) is -1.07. The summed E-state index contributed by atoms with van der Waals surface area (Å²) in [4.78, 5) is 12.0. The lowest BCUT2D eigenvalue weighted by Crippen LogP contribution is -2.46. The molecule has 2 rings (SSSR count). The van der Waals surface area contributed by atoms with E-state index in [1.807, 2.05) is 0 Å². The second kappa shape index (κ2) is 7.50. The fourth-order valence-electron chi connectivity index (χ4n) is 2.96. The van der Waals surface area contributed by atoms with Crippen molar-refractivity contribution in [1.29, 1.82) is 0 Å². The molecule has 1 saturated heterocycles.